The van der Waals surface area contributed by atoms with E-state index in [1.807, 2.05) is 19.3 Å². The minimum absolute atomic E-state index is 0.568. The zero-order valence-corrected chi connectivity index (χ0v) is 10.3. The van der Waals surface area contributed by atoms with Crippen molar-refractivity contribution in [1.29, 1.82) is 0 Å². The van der Waals surface area contributed by atoms with Crippen LogP contribution in [0.5, 0.6) is 0 Å². The molecule has 0 fully saturated rings. The van der Waals surface area contributed by atoms with Gasteiger partial charge in [0.15, 0.2) is 0 Å². The number of aryl methyl sites for hydroxylation is 1. The Kier molecular flexibility index (Phi) is 6.05. The average Bonchev–Trinajstić information content (AvgIpc) is 2.73. The molecule has 0 atom stereocenters. The molecule has 17 heavy (non-hydrogen) atoms. The zero-order valence-electron chi connectivity index (χ0n) is 10.3. The number of ether oxygens (including phenoxy) is 1. The van der Waals surface area contributed by atoms with Crippen LogP contribution in [0.25, 0.3) is 0 Å². The van der Waals surface area contributed by atoms with Crippen LogP contribution in [0, 0.1) is 0 Å². The summed E-state index contributed by atoms with van der Waals surface area (Å²) in [7, 11) is 3.54. The standard InChI is InChI=1S/C10H20N6O/c1-16-7-4-9(15-16)3-5-12-10(14-11)13-6-8-17-2/h4,7H,3,5-6,8,11H2,1-2H3,(H2,12,13,14). The van der Waals surface area contributed by atoms with Crippen LogP contribution < -0.4 is 16.6 Å². The molecule has 7 heteroatoms. The predicted octanol–water partition coefficient (Wildman–Crippen LogP) is -0.982. The molecule has 0 spiro atoms. The SMILES string of the molecule is COCCN=C(NN)NCCc1ccn(C)n1. The van der Waals surface area contributed by atoms with Crippen LogP contribution >= 0.6 is 0 Å². The maximum Gasteiger partial charge on any atom is 0.205 e. The predicted molar refractivity (Wildman–Crippen MR) is 66.4 cm³/mol. The topological polar surface area (TPSA) is 89.5 Å². The van der Waals surface area contributed by atoms with Crippen LogP contribution in [-0.4, -0.2) is 42.5 Å². The van der Waals surface area contributed by atoms with Crippen molar-refractivity contribution in [2.24, 2.45) is 17.9 Å². The molecule has 4 N–H and O–H groups in total. The summed E-state index contributed by atoms with van der Waals surface area (Å²) in [4.78, 5) is 4.19. The number of nitrogens with one attached hydrogen (secondary N) is 2. The van der Waals surface area contributed by atoms with E-state index in [9.17, 15) is 0 Å². The van der Waals surface area contributed by atoms with E-state index in [4.69, 9.17) is 10.6 Å². The highest BCUT2D eigenvalue weighted by molar-refractivity contribution is 5.79. The molecular formula is C10H20N6O. The second-order valence-corrected chi connectivity index (χ2v) is 3.52. The van der Waals surface area contributed by atoms with Gasteiger partial charge in [-0.15, -0.1) is 0 Å². The molecule has 1 aromatic rings. The van der Waals surface area contributed by atoms with E-state index in [1.165, 1.54) is 0 Å². The largest absolute Gasteiger partial charge is 0.383 e. The first-order chi connectivity index (χ1) is 8.26. The lowest BCUT2D eigenvalue weighted by Gasteiger charge is -2.08. The Morgan fingerprint density at radius 3 is 3.06 bits per heavy atom. The highest BCUT2D eigenvalue weighted by atomic mass is 16.5. The van der Waals surface area contributed by atoms with Crippen LogP contribution in [0.2, 0.25) is 0 Å². The second kappa shape index (κ2) is 7.64. The smallest absolute Gasteiger partial charge is 0.205 e. The number of aromatic nitrogens is 2. The summed E-state index contributed by atoms with van der Waals surface area (Å²) in [6.07, 6.45) is 2.75. The van der Waals surface area contributed by atoms with Gasteiger partial charge in [-0.3, -0.25) is 10.1 Å². The number of nitrogens with zero attached hydrogens (tertiary/aromatic N) is 3. The zero-order chi connectivity index (χ0) is 12.5. The Morgan fingerprint density at radius 1 is 1.65 bits per heavy atom. The molecule has 1 rings (SSSR count). The summed E-state index contributed by atoms with van der Waals surface area (Å²) in [6, 6.07) is 1.99. The molecule has 0 radical (unpaired) electrons. The molecule has 1 aromatic heterocycles. The maximum atomic E-state index is 5.33. The van der Waals surface area contributed by atoms with Crippen LogP contribution in [0.15, 0.2) is 17.3 Å². The third-order valence-electron chi connectivity index (χ3n) is 2.14. The van der Waals surface area contributed by atoms with E-state index in [-0.39, 0.29) is 0 Å². The highest BCUT2D eigenvalue weighted by Crippen LogP contribution is 1.93. The summed E-state index contributed by atoms with van der Waals surface area (Å²) in [5.41, 5.74) is 3.55. The number of nitrogens with two attached hydrogens (primary N) is 1. The second-order valence-electron chi connectivity index (χ2n) is 3.52. The molecule has 0 unspecified atom stereocenters. The van der Waals surface area contributed by atoms with Crippen molar-refractivity contribution in [3.05, 3.63) is 18.0 Å². The van der Waals surface area contributed by atoms with E-state index < -0.39 is 0 Å². The quantitative estimate of drug-likeness (QED) is 0.195. The number of hydrazine groups is 1. The Balaban J connectivity index is 2.25. The number of methoxy groups -OCH3 is 1. The first kappa shape index (κ1) is 13.5. The van der Waals surface area contributed by atoms with Gasteiger partial charge in [-0.1, -0.05) is 0 Å². The number of hydrogen-bond acceptors (Lipinski definition) is 4. The molecule has 1 heterocycles. The van der Waals surface area contributed by atoms with E-state index in [0.29, 0.717) is 19.1 Å². The van der Waals surface area contributed by atoms with Crippen molar-refractivity contribution in [2.45, 2.75) is 6.42 Å². The molecule has 7 nitrogen and oxygen atoms in total. The average molecular weight is 240 g/mol. The van der Waals surface area contributed by atoms with Crippen molar-refractivity contribution < 1.29 is 4.74 Å². The van der Waals surface area contributed by atoms with Gasteiger partial charge in [-0.05, 0) is 6.07 Å². The lowest BCUT2D eigenvalue weighted by molar-refractivity contribution is 0.208. The molecule has 0 aliphatic heterocycles. The van der Waals surface area contributed by atoms with E-state index in [2.05, 4.69) is 20.8 Å². The highest BCUT2D eigenvalue weighted by Gasteiger charge is 1.98. The fourth-order valence-electron chi connectivity index (χ4n) is 1.31. The monoisotopic (exact) mass is 240 g/mol. The first-order valence-corrected chi connectivity index (χ1v) is 5.48. The van der Waals surface area contributed by atoms with Gasteiger partial charge in [0.25, 0.3) is 0 Å². The Hall–Kier alpha value is -1.60. The molecule has 0 bridgehead atoms. The Labute approximate surface area is 101 Å². The summed E-state index contributed by atoms with van der Waals surface area (Å²) >= 11 is 0. The lowest BCUT2D eigenvalue weighted by Crippen LogP contribution is -2.42. The minimum atomic E-state index is 0.568. The van der Waals surface area contributed by atoms with Crippen LogP contribution in [-0.2, 0) is 18.2 Å². The fraction of sp³-hybridized carbons (Fsp3) is 0.600. The molecule has 0 aromatic carbocycles. The van der Waals surface area contributed by atoms with Crippen molar-refractivity contribution in [1.82, 2.24) is 20.5 Å². The van der Waals surface area contributed by atoms with Crippen LogP contribution in [0.3, 0.4) is 0 Å². The van der Waals surface area contributed by atoms with Crippen molar-refractivity contribution in [3.8, 4) is 0 Å². The summed E-state index contributed by atoms with van der Waals surface area (Å²) in [5.74, 6) is 5.90. The van der Waals surface area contributed by atoms with E-state index >= 15 is 0 Å². The van der Waals surface area contributed by atoms with E-state index in [1.54, 1.807) is 11.8 Å². The summed E-state index contributed by atoms with van der Waals surface area (Å²) < 4.78 is 6.68. The third kappa shape index (κ3) is 5.32. The van der Waals surface area contributed by atoms with Gasteiger partial charge in [-0.2, -0.15) is 5.10 Å². The molecular weight excluding hydrogens is 220 g/mol. The lowest BCUT2D eigenvalue weighted by atomic mass is 10.3. The molecule has 0 aliphatic carbocycles. The number of hydrogen-bond donors (Lipinski definition) is 3. The third-order valence-corrected chi connectivity index (χ3v) is 2.14. The van der Waals surface area contributed by atoms with Gasteiger partial charge in [0.05, 0.1) is 18.8 Å². The number of aliphatic imine (C=N–C) groups is 1. The molecule has 0 amide bonds. The Bertz CT molecular complexity index is 348. The normalized spacial score (nSPS) is 11.6. The maximum absolute atomic E-state index is 5.33. The summed E-state index contributed by atoms with van der Waals surface area (Å²) in [6.45, 7) is 1.88. The van der Waals surface area contributed by atoms with Gasteiger partial charge >= 0.3 is 0 Å². The van der Waals surface area contributed by atoms with Crippen molar-refractivity contribution >= 4 is 5.96 Å². The van der Waals surface area contributed by atoms with Crippen molar-refractivity contribution in [3.63, 3.8) is 0 Å². The number of guanidine groups is 1. The number of rotatable bonds is 6. The molecule has 0 aliphatic rings. The van der Waals surface area contributed by atoms with Crippen LogP contribution in [0.1, 0.15) is 5.69 Å². The van der Waals surface area contributed by atoms with Crippen LogP contribution in [0.4, 0.5) is 0 Å². The van der Waals surface area contributed by atoms with Crippen molar-refractivity contribution in [2.75, 3.05) is 26.8 Å². The molecule has 0 saturated heterocycles. The Morgan fingerprint density at radius 2 is 2.47 bits per heavy atom. The first-order valence-electron chi connectivity index (χ1n) is 5.48. The molecule has 0 saturated carbocycles. The van der Waals surface area contributed by atoms with Gasteiger partial charge in [0.1, 0.15) is 0 Å². The minimum Gasteiger partial charge on any atom is -0.383 e. The van der Waals surface area contributed by atoms with Gasteiger partial charge in [0, 0.05) is 33.3 Å². The van der Waals surface area contributed by atoms with Gasteiger partial charge < -0.3 is 10.1 Å². The van der Waals surface area contributed by atoms with E-state index in [0.717, 1.165) is 18.7 Å². The summed E-state index contributed by atoms with van der Waals surface area (Å²) in [5, 5.41) is 7.37. The fourth-order valence-corrected chi connectivity index (χ4v) is 1.31. The van der Waals surface area contributed by atoms with Gasteiger partial charge in [0.2, 0.25) is 5.96 Å². The molecule has 96 valence electrons. The van der Waals surface area contributed by atoms with Gasteiger partial charge in [-0.25, -0.2) is 10.8 Å².